The minimum atomic E-state index is -3.50. The Balaban J connectivity index is 0.00000242. The largest absolute Gasteiger partial charge is 0.317 e. The van der Waals surface area contributed by atoms with Crippen LogP contribution >= 0.6 is 36.6 Å². The molecular formula is C13H21Cl2N3O3S2. The first-order chi connectivity index (χ1) is 9.89. The van der Waals surface area contributed by atoms with Gasteiger partial charge in [0, 0.05) is 17.3 Å². The van der Waals surface area contributed by atoms with Gasteiger partial charge in [0.05, 0.1) is 0 Å². The van der Waals surface area contributed by atoms with Crippen LogP contribution in [0.15, 0.2) is 23.2 Å². The molecule has 1 aromatic heterocycles. The number of piperidine rings is 1. The van der Waals surface area contributed by atoms with Crippen LogP contribution in [0.4, 0.5) is 5.82 Å². The predicted molar refractivity (Wildman–Crippen MR) is 98.8 cm³/mol. The fourth-order valence-corrected chi connectivity index (χ4v) is 4.10. The molecule has 1 saturated heterocycles. The zero-order valence-corrected chi connectivity index (χ0v) is 16.1. The Bertz CT molecular complexity index is 618. The topological polar surface area (TPSA) is 88.2 Å². The molecule has 1 aliphatic rings. The van der Waals surface area contributed by atoms with E-state index in [4.69, 9.17) is 0 Å². The van der Waals surface area contributed by atoms with Crippen LogP contribution in [0.5, 0.6) is 0 Å². The van der Waals surface area contributed by atoms with Gasteiger partial charge in [0.15, 0.2) is 14.6 Å². The SMILES string of the molecule is CSc1ccc(NC(=O)C2(S(C)(=O)=O)CCNCC2)nc1.Cl.Cl. The van der Waals surface area contributed by atoms with E-state index in [0.717, 1.165) is 11.2 Å². The molecule has 0 bridgehead atoms. The number of carbonyl (C=O) groups excluding carboxylic acids is 1. The van der Waals surface area contributed by atoms with Gasteiger partial charge >= 0.3 is 0 Å². The summed E-state index contributed by atoms with van der Waals surface area (Å²) in [4.78, 5) is 17.6. The first kappa shape index (κ1) is 22.5. The molecule has 1 amide bonds. The third-order valence-electron chi connectivity index (χ3n) is 3.75. The van der Waals surface area contributed by atoms with Gasteiger partial charge in [-0.25, -0.2) is 13.4 Å². The number of nitrogens with zero attached hydrogens (tertiary/aromatic N) is 1. The van der Waals surface area contributed by atoms with Gasteiger partial charge in [-0.2, -0.15) is 0 Å². The van der Waals surface area contributed by atoms with Gasteiger partial charge in [0.1, 0.15) is 5.82 Å². The molecule has 132 valence electrons. The number of aromatic nitrogens is 1. The monoisotopic (exact) mass is 401 g/mol. The van der Waals surface area contributed by atoms with E-state index in [-0.39, 0.29) is 37.7 Å². The van der Waals surface area contributed by atoms with E-state index in [1.165, 1.54) is 0 Å². The first-order valence-electron chi connectivity index (χ1n) is 6.61. The highest BCUT2D eigenvalue weighted by molar-refractivity contribution is 7.98. The van der Waals surface area contributed by atoms with E-state index in [0.29, 0.717) is 18.9 Å². The van der Waals surface area contributed by atoms with Crippen molar-refractivity contribution in [3.63, 3.8) is 0 Å². The maximum Gasteiger partial charge on any atom is 0.247 e. The summed E-state index contributed by atoms with van der Waals surface area (Å²) in [6, 6.07) is 3.52. The van der Waals surface area contributed by atoms with Crippen LogP contribution in [0, 0.1) is 0 Å². The van der Waals surface area contributed by atoms with Crippen molar-refractivity contribution in [1.82, 2.24) is 10.3 Å². The minimum absolute atomic E-state index is 0. The van der Waals surface area contributed by atoms with Crippen LogP contribution in [0.25, 0.3) is 0 Å². The van der Waals surface area contributed by atoms with Crippen LogP contribution in [-0.2, 0) is 14.6 Å². The van der Waals surface area contributed by atoms with Gasteiger partial charge in [0.2, 0.25) is 5.91 Å². The molecule has 2 N–H and O–H groups in total. The minimum Gasteiger partial charge on any atom is -0.317 e. The molecule has 6 nitrogen and oxygen atoms in total. The normalized spacial score (nSPS) is 16.6. The van der Waals surface area contributed by atoms with Gasteiger partial charge < -0.3 is 10.6 Å². The average Bonchev–Trinajstić information content (AvgIpc) is 2.47. The Morgan fingerprint density at radius 1 is 1.30 bits per heavy atom. The Kier molecular flexibility index (Phi) is 8.86. The second-order valence-corrected chi connectivity index (χ2v) is 8.26. The summed E-state index contributed by atoms with van der Waals surface area (Å²) in [5.74, 6) is -0.116. The second kappa shape index (κ2) is 9.08. The molecule has 2 heterocycles. The summed E-state index contributed by atoms with van der Waals surface area (Å²) < 4.78 is 22.9. The molecule has 1 fully saturated rings. The van der Waals surface area contributed by atoms with Crippen molar-refractivity contribution >= 4 is 58.1 Å². The number of thioether (sulfide) groups is 1. The number of carbonyl (C=O) groups is 1. The maximum atomic E-state index is 12.5. The molecule has 0 unspecified atom stereocenters. The zero-order valence-electron chi connectivity index (χ0n) is 12.9. The third kappa shape index (κ3) is 4.96. The van der Waals surface area contributed by atoms with Crippen LogP contribution in [-0.4, -0.2) is 49.7 Å². The standard InChI is InChI=1S/C13H19N3O3S2.2ClH/c1-20-10-3-4-11(15-9-10)16-12(17)13(21(2,18)19)5-7-14-8-6-13;;/h3-4,9,14H,5-8H2,1-2H3,(H,15,16,17);2*1H. The number of hydrogen-bond donors (Lipinski definition) is 2. The van der Waals surface area contributed by atoms with Crippen molar-refractivity contribution in [2.75, 3.05) is 30.9 Å². The summed E-state index contributed by atoms with van der Waals surface area (Å²) in [7, 11) is -3.50. The lowest BCUT2D eigenvalue weighted by Gasteiger charge is -2.34. The molecule has 2 rings (SSSR count). The number of pyridine rings is 1. The summed E-state index contributed by atoms with van der Waals surface area (Å²) >= 11 is 1.55. The molecule has 1 aromatic rings. The molecule has 10 heteroatoms. The average molecular weight is 402 g/mol. The predicted octanol–water partition coefficient (Wildman–Crippen LogP) is 1.75. The summed E-state index contributed by atoms with van der Waals surface area (Å²) in [5, 5.41) is 5.73. The third-order valence-corrected chi connectivity index (χ3v) is 6.47. The number of hydrogen-bond acceptors (Lipinski definition) is 6. The van der Waals surface area contributed by atoms with Crippen LogP contribution < -0.4 is 10.6 Å². The van der Waals surface area contributed by atoms with E-state index in [9.17, 15) is 13.2 Å². The van der Waals surface area contributed by atoms with Crippen molar-refractivity contribution in [1.29, 1.82) is 0 Å². The Hall–Kier alpha value is -0.540. The summed E-state index contributed by atoms with van der Waals surface area (Å²) in [6.07, 6.45) is 5.27. The molecule has 0 atom stereocenters. The molecule has 0 spiro atoms. The number of rotatable bonds is 4. The van der Waals surface area contributed by atoms with Crippen molar-refractivity contribution < 1.29 is 13.2 Å². The maximum absolute atomic E-state index is 12.5. The highest BCUT2D eigenvalue weighted by Crippen LogP contribution is 2.29. The van der Waals surface area contributed by atoms with Crippen LogP contribution in [0.3, 0.4) is 0 Å². The van der Waals surface area contributed by atoms with Gasteiger partial charge in [-0.05, 0) is 44.3 Å². The van der Waals surface area contributed by atoms with Gasteiger partial charge in [-0.1, -0.05) is 0 Å². The lowest BCUT2D eigenvalue weighted by molar-refractivity contribution is -0.119. The fraction of sp³-hybridized carbons (Fsp3) is 0.538. The van der Waals surface area contributed by atoms with Gasteiger partial charge in [-0.3, -0.25) is 4.79 Å². The second-order valence-electron chi connectivity index (χ2n) is 5.05. The lowest BCUT2D eigenvalue weighted by atomic mass is 9.96. The molecule has 23 heavy (non-hydrogen) atoms. The Morgan fingerprint density at radius 2 is 1.91 bits per heavy atom. The molecule has 0 aromatic carbocycles. The fourth-order valence-electron chi connectivity index (χ4n) is 2.40. The molecular weight excluding hydrogens is 381 g/mol. The Morgan fingerprint density at radius 3 is 2.35 bits per heavy atom. The van der Waals surface area contributed by atoms with Crippen molar-refractivity contribution in [2.24, 2.45) is 0 Å². The van der Waals surface area contributed by atoms with Crippen LogP contribution in [0.2, 0.25) is 0 Å². The number of sulfone groups is 1. The van der Waals surface area contributed by atoms with E-state index in [1.807, 2.05) is 12.3 Å². The summed E-state index contributed by atoms with van der Waals surface area (Å²) in [6.45, 7) is 1.03. The highest BCUT2D eigenvalue weighted by atomic mass is 35.5. The van der Waals surface area contributed by atoms with E-state index < -0.39 is 20.5 Å². The van der Waals surface area contributed by atoms with Crippen molar-refractivity contribution in [3.05, 3.63) is 18.3 Å². The van der Waals surface area contributed by atoms with Gasteiger partial charge in [-0.15, -0.1) is 36.6 Å². The van der Waals surface area contributed by atoms with E-state index in [1.54, 1.807) is 24.0 Å². The highest BCUT2D eigenvalue weighted by Gasteiger charge is 2.48. The van der Waals surface area contributed by atoms with Crippen molar-refractivity contribution in [3.8, 4) is 0 Å². The molecule has 0 radical (unpaired) electrons. The lowest BCUT2D eigenvalue weighted by Crippen LogP contribution is -2.55. The first-order valence-corrected chi connectivity index (χ1v) is 9.72. The zero-order chi connectivity index (χ0) is 15.5. The van der Waals surface area contributed by atoms with E-state index in [2.05, 4.69) is 15.6 Å². The molecule has 1 aliphatic heterocycles. The quantitative estimate of drug-likeness (QED) is 0.747. The number of amides is 1. The number of halogens is 2. The molecule has 0 aliphatic carbocycles. The number of anilines is 1. The summed E-state index contributed by atoms with van der Waals surface area (Å²) in [5.41, 5.74) is 0. The smallest absolute Gasteiger partial charge is 0.247 e. The molecule has 0 saturated carbocycles. The Labute approximate surface area is 153 Å². The van der Waals surface area contributed by atoms with Crippen molar-refractivity contribution in [2.45, 2.75) is 22.5 Å². The number of nitrogens with one attached hydrogen (secondary N) is 2. The van der Waals surface area contributed by atoms with Gasteiger partial charge in [0.25, 0.3) is 0 Å². The van der Waals surface area contributed by atoms with E-state index >= 15 is 0 Å². The van der Waals surface area contributed by atoms with Crippen LogP contribution in [0.1, 0.15) is 12.8 Å².